The average Bonchev–Trinajstić information content (AvgIpc) is 2.39. The minimum absolute atomic E-state index is 1.08. The summed E-state index contributed by atoms with van der Waals surface area (Å²) in [5.41, 5.74) is 1.31. The highest BCUT2D eigenvalue weighted by molar-refractivity contribution is 9.10. The van der Waals surface area contributed by atoms with Gasteiger partial charge in [-0.2, -0.15) is 0 Å². The molecule has 0 aromatic carbocycles. The third-order valence-electron chi connectivity index (χ3n) is 3.79. The Labute approximate surface area is 115 Å². The van der Waals surface area contributed by atoms with Crippen LogP contribution in [0.3, 0.4) is 0 Å². The third-order valence-corrected chi connectivity index (χ3v) is 14.1. The van der Waals surface area contributed by atoms with E-state index >= 15 is 0 Å². The number of aryl methyl sites for hydroxylation is 1. The summed E-state index contributed by atoms with van der Waals surface area (Å²) < 4.78 is 3.85. The van der Waals surface area contributed by atoms with Gasteiger partial charge in [-0.1, -0.05) is 26.2 Å². The maximum Gasteiger partial charge on any atom is 0.142 e. The molecule has 1 fully saturated rings. The van der Waals surface area contributed by atoms with Gasteiger partial charge in [0.05, 0.1) is 0 Å². The molecular weight excluding hydrogens is 308 g/mol. The predicted octanol–water partition coefficient (Wildman–Crippen LogP) is 4.38. The topological polar surface area (TPSA) is 16.1 Å². The van der Waals surface area contributed by atoms with Crippen LogP contribution < -0.4 is 4.23 Å². The number of hydrogen-bond donors (Lipinski definition) is 0. The molecule has 2 heterocycles. The van der Waals surface area contributed by atoms with Gasteiger partial charge in [0.15, 0.2) is 0 Å². The lowest BCUT2D eigenvalue weighted by molar-refractivity contribution is 1.19. The second-order valence-corrected chi connectivity index (χ2v) is 16.8. The molecule has 2 rings (SSSR count). The highest BCUT2D eigenvalue weighted by Crippen LogP contribution is 2.41. The lowest BCUT2D eigenvalue weighted by Gasteiger charge is -2.41. The minimum Gasteiger partial charge on any atom is -0.409 e. The molecule has 0 N–H and O–H groups in total. The number of aromatic nitrogens is 1. The highest BCUT2D eigenvalue weighted by Gasteiger charge is 2.48. The van der Waals surface area contributed by atoms with Gasteiger partial charge in [0, 0.05) is 10.7 Å². The maximum absolute atomic E-state index is 4.70. The van der Waals surface area contributed by atoms with Gasteiger partial charge in [0.2, 0.25) is 0 Å². The van der Waals surface area contributed by atoms with Crippen molar-refractivity contribution >= 4 is 38.2 Å². The Bertz CT molecular complexity index is 430. The number of anilines is 1. The van der Waals surface area contributed by atoms with Gasteiger partial charge in [-0.05, 0) is 46.6 Å². The standard InChI is InChI=1S/C12H21BrN2Si2/c1-10-8-11(13)9-14-12(10)15-16(2,3)6-7-17(15,4)5/h8-9H,6-7H2,1-5H3. The Morgan fingerprint density at radius 3 is 2.18 bits per heavy atom. The molecule has 0 spiro atoms. The summed E-state index contributed by atoms with van der Waals surface area (Å²) >= 11 is 3.50. The summed E-state index contributed by atoms with van der Waals surface area (Å²) in [6.07, 6.45) is 1.94. The molecule has 1 aliphatic rings. The molecule has 1 saturated heterocycles. The average molecular weight is 329 g/mol. The molecule has 0 saturated carbocycles. The zero-order valence-electron chi connectivity index (χ0n) is 11.3. The second-order valence-electron chi connectivity index (χ2n) is 6.25. The summed E-state index contributed by atoms with van der Waals surface area (Å²) in [5.74, 6) is 1.25. The number of pyridine rings is 1. The normalized spacial score (nSPS) is 21.9. The molecule has 1 aliphatic heterocycles. The highest BCUT2D eigenvalue weighted by atomic mass is 79.9. The van der Waals surface area contributed by atoms with E-state index < -0.39 is 16.5 Å². The van der Waals surface area contributed by atoms with Crippen LogP contribution in [-0.2, 0) is 0 Å². The summed E-state index contributed by atoms with van der Waals surface area (Å²) in [4.78, 5) is 4.70. The van der Waals surface area contributed by atoms with Crippen LogP contribution in [0.5, 0.6) is 0 Å². The first kappa shape index (κ1) is 13.3. The summed E-state index contributed by atoms with van der Waals surface area (Å²) in [5, 5.41) is 0. The molecule has 0 bridgehead atoms. The van der Waals surface area contributed by atoms with Crippen molar-refractivity contribution in [3.8, 4) is 0 Å². The number of nitrogens with zero attached hydrogens (tertiary/aromatic N) is 2. The second kappa shape index (κ2) is 4.21. The van der Waals surface area contributed by atoms with Crippen molar-refractivity contribution in [2.75, 3.05) is 4.23 Å². The fourth-order valence-corrected chi connectivity index (χ4v) is 17.6. The molecule has 0 amide bonds. The van der Waals surface area contributed by atoms with Gasteiger partial charge >= 0.3 is 0 Å². The van der Waals surface area contributed by atoms with Crippen LogP contribution in [0, 0.1) is 6.92 Å². The van der Waals surface area contributed by atoms with Gasteiger partial charge in [0.1, 0.15) is 22.3 Å². The van der Waals surface area contributed by atoms with Gasteiger partial charge < -0.3 is 4.23 Å². The van der Waals surface area contributed by atoms with Gasteiger partial charge in [-0.3, -0.25) is 0 Å². The van der Waals surface area contributed by atoms with Crippen molar-refractivity contribution in [2.24, 2.45) is 0 Å². The van der Waals surface area contributed by atoms with Crippen molar-refractivity contribution in [2.45, 2.75) is 45.2 Å². The Morgan fingerprint density at radius 1 is 1.18 bits per heavy atom. The molecule has 94 valence electrons. The van der Waals surface area contributed by atoms with Crippen LogP contribution in [0.2, 0.25) is 38.3 Å². The molecule has 0 unspecified atom stereocenters. The lowest BCUT2D eigenvalue weighted by Crippen LogP contribution is -2.55. The SMILES string of the molecule is Cc1cc(Br)cnc1N1[Si](C)(C)CC[Si]1(C)C. The maximum atomic E-state index is 4.70. The van der Waals surface area contributed by atoms with Crippen molar-refractivity contribution in [1.29, 1.82) is 0 Å². The van der Waals surface area contributed by atoms with Crippen molar-refractivity contribution in [3.63, 3.8) is 0 Å². The van der Waals surface area contributed by atoms with Crippen LogP contribution >= 0.6 is 15.9 Å². The first-order valence-corrected chi connectivity index (χ1v) is 13.3. The Kier molecular flexibility index (Phi) is 3.29. The lowest BCUT2D eigenvalue weighted by atomic mass is 10.3. The van der Waals surface area contributed by atoms with E-state index in [4.69, 9.17) is 4.98 Å². The smallest absolute Gasteiger partial charge is 0.142 e. The van der Waals surface area contributed by atoms with E-state index in [0.29, 0.717) is 0 Å². The van der Waals surface area contributed by atoms with E-state index in [1.807, 2.05) is 6.20 Å². The molecule has 2 nitrogen and oxygen atoms in total. The minimum atomic E-state index is -1.28. The van der Waals surface area contributed by atoms with Crippen LogP contribution in [0.1, 0.15) is 5.56 Å². The van der Waals surface area contributed by atoms with Crippen molar-refractivity contribution < 1.29 is 0 Å². The third kappa shape index (κ3) is 2.37. The van der Waals surface area contributed by atoms with E-state index in [2.05, 4.69) is 59.3 Å². The Morgan fingerprint density at radius 2 is 1.71 bits per heavy atom. The van der Waals surface area contributed by atoms with E-state index in [0.717, 1.165) is 4.47 Å². The van der Waals surface area contributed by atoms with E-state index in [1.165, 1.54) is 23.5 Å². The molecule has 0 aliphatic carbocycles. The zero-order valence-corrected chi connectivity index (χ0v) is 14.9. The first-order chi connectivity index (χ1) is 7.74. The Hall–Kier alpha value is -0.136. The molecule has 1 aromatic rings. The van der Waals surface area contributed by atoms with E-state index in [1.54, 1.807) is 0 Å². The van der Waals surface area contributed by atoms with Gasteiger partial charge in [0.25, 0.3) is 0 Å². The summed E-state index contributed by atoms with van der Waals surface area (Å²) in [6, 6.07) is 5.03. The van der Waals surface area contributed by atoms with Crippen LogP contribution in [0.15, 0.2) is 16.7 Å². The van der Waals surface area contributed by atoms with E-state index in [9.17, 15) is 0 Å². The Balaban J connectivity index is 2.50. The first-order valence-electron chi connectivity index (χ1n) is 6.16. The largest absolute Gasteiger partial charge is 0.409 e. The van der Waals surface area contributed by atoms with Gasteiger partial charge in [-0.25, -0.2) is 4.98 Å². The monoisotopic (exact) mass is 328 g/mol. The zero-order chi connectivity index (χ0) is 12.8. The molecular formula is C12H21BrN2Si2. The fourth-order valence-electron chi connectivity index (χ4n) is 3.00. The molecule has 17 heavy (non-hydrogen) atoms. The van der Waals surface area contributed by atoms with Crippen LogP contribution in [0.25, 0.3) is 0 Å². The number of halogens is 1. The molecule has 5 heteroatoms. The van der Waals surface area contributed by atoms with Crippen LogP contribution in [-0.4, -0.2) is 21.5 Å². The summed E-state index contributed by atoms with van der Waals surface area (Å²) in [6.45, 7) is 12.1. The number of rotatable bonds is 1. The molecule has 0 radical (unpaired) electrons. The quantitative estimate of drug-likeness (QED) is 0.711. The fraction of sp³-hybridized carbons (Fsp3) is 0.583. The summed E-state index contributed by atoms with van der Waals surface area (Å²) in [7, 11) is -2.55. The van der Waals surface area contributed by atoms with Gasteiger partial charge in [-0.15, -0.1) is 0 Å². The van der Waals surface area contributed by atoms with Crippen molar-refractivity contribution in [1.82, 2.24) is 4.98 Å². The number of hydrogen-bond acceptors (Lipinski definition) is 2. The predicted molar refractivity (Wildman–Crippen MR) is 83.7 cm³/mol. The van der Waals surface area contributed by atoms with Crippen LogP contribution in [0.4, 0.5) is 5.82 Å². The van der Waals surface area contributed by atoms with E-state index in [-0.39, 0.29) is 0 Å². The molecule has 0 atom stereocenters. The molecule has 1 aromatic heterocycles. The van der Waals surface area contributed by atoms with Crippen molar-refractivity contribution in [3.05, 3.63) is 22.3 Å².